The summed E-state index contributed by atoms with van der Waals surface area (Å²) in [7, 11) is 0. The van der Waals surface area contributed by atoms with Gasteiger partial charge in [0.1, 0.15) is 5.82 Å². The predicted octanol–water partition coefficient (Wildman–Crippen LogP) is 5.66. The third-order valence-corrected chi connectivity index (χ3v) is 6.08. The first-order valence-electron chi connectivity index (χ1n) is 9.82. The molecule has 0 saturated heterocycles. The van der Waals surface area contributed by atoms with Crippen LogP contribution in [0.4, 0.5) is 5.69 Å². The van der Waals surface area contributed by atoms with Gasteiger partial charge in [0, 0.05) is 5.56 Å². The summed E-state index contributed by atoms with van der Waals surface area (Å²) in [6, 6.07) is 15.8. The van der Waals surface area contributed by atoms with Gasteiger partial charge in [0.25, 0.3) is 11.8 Å². The molecule has 8 heteroatoms. The summed E-state index contributed by atoms with van der Waals surface area (Å²) < 4.78 is 0. The van der Waals surface area contributed by atoms with Crippen molar-refractivity contribution in [1.29, 1.82) is 0 Å². The lowest BCUT2D eigenvalue weighted by molar-refractivity contribution is 0.0922. The van der Waals surface area contributed by atoms with E-state index in [2.05, 4.69) is 20.6 Å². The summed E-state index contributed by atoms with van der Waals surface area (Å²) in [5.74, 6) is 0.263. The number of H-pyrrole nitrogens is 1. The molecule has 2 heterocycles. The van der Waals surface area contributed by atoms with Gasteiger partial charge in [-0.25, -0.2) is 4.98 Å². The number of fused-ring (bicyclic) bond motifs is 1. The summed E-state index contributed by atoms with van der Waals surface area (Å²) in [5.41, 5.74) is 2.55. The number of anilines is 1. The normalized spacial score (nSPS) is 12.1. The summed E-state index contributed by atoms with van der Waals surface area (Å²) in [6.45, 7) is 4.04. The highest BCUT2D eigenvalue weighted by Gasteiger charge is 2.23. The number of benzene rings is 2. The predicted molar refractivity (Wildman–Crippen MR) is 125 cm³/mol. The highest BCUT2D eigenvalue weighted by molar-refractivity contribution is 7.12. The van der Waals surface area contributed by atoms with Crippen molar-refractivity contribution in [2.45, 2.75) is 19.9 Å². The van der Waals surface area contributed by atoms with E-state index in [9.17, 15) is 9.59 Å². The lowest BCUT2D eigenvalue weighted by Gasteiger charge is -2.20. The molecular weight excluding hydrogens is 432 g/mol. The van der Waals surface area contributed by atoms with Crippen LogP contribution in [0.1, 0.15) is 45.7 Å². The molecular formula is C23H21ClN4O2S. The van der Waals surface area contributed by atoms with Crippen LogP contribution in [0.2, 0.25) is 5.02 Å². The Morgan fingerprint density at radius 3 is 2.58 bits per heavy atom. The van der Waals surface area contributed by atoms with E-state index in [1.165, 1.54) is 11.3 Å². The Bertz CT molecular complexity index is 1200. The van der Waals surface area contributed by atoms with Gasteiger partial charge in [-0.15, -0.1) is 11.3 Å². The minimum atomic E-state index is -0.306. The highest BCUT2D eigenvalue weighted by Crippen LogP contribution is 2.26. The Balaban J connectivity index is 1.55. The number of hydrogen-bond acceptors (Lipinski definition) is 4. The molecule has 2 aromatic carbocycles. The molecule has 31 heavy (non-hydrogen) atoms. The fraction of sp³-hybridized carbons (Fsp3) is 0.174. The molecule has 0 aliphatic heterocycles. The van der Waals surface area contributed by atoms with Crippen LogP contribution in [0.3, 0.4) is 0 Å². The molecule has 2 aromatic heterocycles. The van der Waals surface area contributed by atoms with Crippen molar-refractivity contribution in [2.75, 3.05) is 5.32 Å². The average Bonchev–Trinajstić information content (AvgIpc) is 3.43. The first-order valence-corrected chi connectivity index (χ1v) is 11.1. The minimum Gasteiger partial charge on any atom is -0.342 e. The van der Waals surface area contributed by atoms with E-state index in [-0.39, 0.29) is 23.8 Å². The number of halogens is 1. The van der Waals surface area contributed by atoms with Gasteiger partial charge in [-0.3, -0.25) is 9.59 Å². The standard InChI is InChI=1S/C23H21ClN4O2S/c1-13(2)20(21-25-16-6-3-4-7-17(16)26-21)28-22(29)14-9-10-15(24)18(12-14)27-23(30)19-8-5-11-31-19/h3-13,20H,1-2H3,(H,25,26)(H,27,30)(H,28,29). The first-order chi connectivity index (χ1) is 14.9. The van der Waals surface area contributed by atoms with Gasteiger partial charge in [0.2, 0.25) is 0 Å². The van der Waals surface area contributed by atoms with E-state index in [4.69, 9.17) is 11.6 Å². The number of carbonyl (C=O) groups is 2. The van der Waals surface area contributed by atoms with Crippen molar-refractivity contribution in [3.8, 4) is 0 Å². The van der Waals surface area contributed by atoms with Gasteiger partial charge in [-0.05, 0) is 47.7 Å². The number of amides is 2. The van der Waals surface area contributed by atoms with Crippen LogP contribution in [0.5, 0.6) is 0 Å². The Morgan fingerprint density at radius 2 is 1.87 bits per heavy atom. The van der Waals surface area contributed by atoms with Crippen LogP contribution in [-0.4, -0.2) is 21.8 Å². The van der Waals surface area contributed by atoms with Crippen molar-refractivity contribution < 1.29 is 9.59 Å². The van der Waals surface area contributed by atoms with E-state index in [1.807, 2.05) is 43.5 Å². The molecule has 3 N–H and O–H groups in total. The van der Waals surface area contributed by atoms with Crippen molar-refractivity contribution in [2.24, 2.45) is 5.92 Å². The van der Waals surface area contributed by atoms with Gasteiger partial charge in [-0.2, -0.15) is 0 Å². The van der Waals surface area contributed by atoms with E-state index in [0.29, 0.717) is 27.0 Å². The molecule has 0 aliphatic carbocycles. The van der Waals surface area contributed by atoms with Crippen LogP contribution >= 0.6 is 22.9 Å². The number of aromatic nitrogens is 2. The monoisotopic (exact) mass is 452 g/mol. The average molecular weight is 453 g/mol. The van der Waals surface area contributed by atoms with Crippen LogP contribution < -0.4 is 10.6 Å². The Labute approximate surface area is 188 Å². The largest absolute Gasteiger partial charge is 0.342 e. The second-order valence-corrected chi connectivity index (χ2v) is 8.82. The van der Waals surface area contributed by atoms with Gasteiger partial charge >= 0.3 is 0 Å². The number of imidazole rings is 1. The Hall–Kier alpha value is -3.16. The van der Waals surface area contributed by atoms with Gasteiger partial charge in [0.05, 0.1) is 32.7 Å². The fourth-order valence-electron chi connectivity index (χ4n) is 3.25. The third-order valence-electron chi connectivity index (χ3n) is 4.88. The second kappa shape index (κ2) is 8.91. The number of thiophene rings is 1. The molecule has 4 rings (SSSR count). The number of rotatable bonds is 6. The van der Waals surface area contributed by atoms with Crippen LogP contribution in [0, 0.1) is 5.92 Å². The van der Waals surface area contributed by atoms with Crippen molar-refractivity contribution in [3.63, 3.8) is 0 Å². The van der Waals surface area contributed by atoms with Gasteiger partial charge < -0.3 is 15.6 Å². The van der Waals surface area contributed by atoms with Gasteiger partial charge in [0.15, 0.2) is 0 Å². The Morgan fingerprint density at radius 1 is 1.06 bits per heavy atom. The quantitative estimate of drug-likeness (QED) is 0.353. The van der Waals surface area contributed by atoms with Crippen LogP contribution in [-0.2, 0) is 0 Å². The lowest BCUT2D eigenvalue weighted by atomic mass is 10.0. The number of nitrogens with zero attached hydrogens (tertiary/aromatic N) is 1. The lowest BCUT2D eigenvalue weighted by Crippen LogP contribution is -2.32. The maximum absolute atomic E-state index is 13.0. The molecule has 6 nitrogen and oxygen atoms in total. The van der Waals surface area contributed by atoms with Crippen molar-refractivity contribution in [3.05, 3.63) is 81.3 Å². The maximum Gasteiger partial charge on any atom is 0.265 e. The number of hydrogen-bond donors (Lipinski definition) is 3. The maximum atomic E-state index is 13.0. The minimum absolute atomic E-state index is 0.106. The molecule has 158 valence electrons. The molecule has 0 spiro atoms. The molecule has 1 atom stereocenters. The third kappa shape index (κ3) is 4.62. The number of carbonyl (C=O) groups excluding carboxylic acids is 2. The topological polar surface area (TPSA) is 86.9 Å². The zero-order valence-corrected chi connectivity index (χ0v) is 18.6. The fourth-order valence-corrected chi connectivity index (χ4v) is 4.03. The smallest absolute Gasteiger partial charge is 0.265 e. The molecule has 0 radical (unpaired) electrons. The second-order valence-electron chi connectivity index (χ2n) is 7.46. The highest BCUT2D eigenvalue weighted by atomic mass is 35.5. The number of para-hydroxylation sites is 2. The van der Waals surface area contributed by atoms with Crippen LogP contribution in [0.15, 0.2) is 60.0 Å². The molecule has 1 unspecified atom stereocenters. The van der Waals surface area contributed by atoms with Crippen molar-refractivity contribution >= 4 is 51.5 Å². The summed E-state index contributed by atoms with van der Waals surface area (Å²) in [4.78, 5) is 33.9. The number of nitrogens with one attached hydrogen (secondary N) is 3. The van der Waals surface area contributed by atoms with E-state index >= 15 is 0 Å². The summed E-state index contributed by atoms with van der Waals surface area (Å²) in [5, 5.41) is 8.01. The molecule has 4 aromatic rings. The van der Waals surface area contributed by atoms with Gasteiger partial charge in [-0.1, -0.05) is 43.6 Å². The first kappa shape index (κ1) is 21.1. The van der Waals surface area contributed by atoms with E-state index in [1.54, 1.807) is 30.3 Å². The van der Waals surface area contributed by atoms with E-state index in [0.717, 1.165) is 11.0 Å². The van der Waals surface area contributed by atoms with E-state index < -0.39 is 0 Å². The molecule has 0 fully saturated rings. The zero-order valence-electron chi connectivity index (χ0n) is 17.0. The molecule has 0 saturated carbocycles. The summed E-state index contributed by atoms with van der Waals surface area (Å²) >= 11 is 7.58. The zero-order chi connectivity index (χ0) is 22.0. The number of aromatic amines is 1. The summed E-state index contributed by atoms with van der Waals surface area (Å²) in [6.07, 6.45) is 0. The SMILES string of the molecule is CC(C)C(NC(=O)c1ccc(Cl)c(NC(=O)c2cccs2)c1)c1nc2ccccc2[nH]1. The van der Waals surface area contributed by atoms with Crippen LogP contribution in [0.25, 0.3) is 11.0 Å². The molecule has 0 bridgehead atoms. The molecule has 0 aliphatic rings. The molecule has 2 amide bonds. The van der Waals surface area contributed by atoms with Crippen molar-refractivity contribution in [1.82, 2.24) is 15.3 Å². The Kier molecular flexibility index (Phi) is 6.06.